The standard InChI is InChI=1S/C20H28N2O5/c1-15(22(24)25)18(16-6-4-3-5-7-16)17-8-9-20(14-17,19(23)26-2)21-10-12-27-13-11-21/h3-7,15,17-18H,8-14H2,1-2H3. The Hall–Kier alpha value is -1.99. The lowest BCUT2D eigenvalue weighted by atomic mass is 9.79. The zero-order chi connectivity index (χ0) is 19.4. The van der Waals surface area contributed by atoms with Crippen LogP contribution in [-0.4, -0.2) is 60.8 Å². The first-order valence-electron chi connectivity index (χ1n) is 9.59. The third-order valence-electron chi connectivity index (χ3n) is 6.25. The van der Waals surface area contributed by atoms with E-state index in [-0.39, 0.29) is 22.7 Å². The molecule has 1 saturated carbocycles. The molecule has 2 aliphatic rings. The summed E-state index contributed by atoms with van der Waals surface area (Å²) in [5.41, 5.74) is 0.265. The maximum absolute atomic E-state index is 12.8. The van der Waals surface area contributed by atoms with Crippen LogP contribution in [0, 0.1) is 16.0 Å². The number of esters is 1. The first-order chi connectivity index (χ1) is 13.0. The van der Waals surface area contributed by atoms with Gasteiger partial charge in [0.1, 0.15) is 5.54 Å². The normalized spacial score (nSPS) is 28.4. The van der Waals surface area contributed by atoms with Crippen LogP contribution in [0.1, 0.15) is 37.7 Å². The molecule has 4 atom stereocenters. The van der Waals surface area contributed by atoms with Crippen LogP contribution >= 0.6 is 0 Å². The Morgan fingerprint density at radius 2 is 2.00 bits per heavy atom. The Morgan fingerprint density at radius 3 is 2.59 bits per heavy atom. The maximum atomic E-state index is 12.8. The first kappa shape index (κ1) is 19.8. The molecule has 1 aromatic carbocycles. The molecule has 0 bridgehead atoms. The van der Waals surface area contributed by atoms with Crippen molar-refractivity contribution in [1.29, 1.82) is 0 Å². The number of benzene rings is 1. The van der Waals surface area contributed by atoms with Gasteiger partial charge in [-0.15, -0.1) is 0 Å². The number of ether oxygens (including phenoxy) is 2. The number of hydrogen-bond donors (Lipinski definition) is 0. The molecule has 1 heterocycles. The summed E-state index contributed by atoms with van der Waals surface area (Å²) >= 11 is 0. The van der Waals surface area contributed by atoms with Crippen LogP contribution in [0.15, 0.2) is 30.3 Å². The van der Waals surface area contributed by atoms with Crippen LogP contribution in [0.2, 0.25) is 0 Å². The van der Waals surface area contributed by atoms with Gasteiger partial charge in [-0.25, -0.2) is 0 Å². The first-order valence-corrected chi connectivity index (χ1v) is 9.59. The maximum Gasteiger partial charge on any atom is 0.326 e. The summed E-state index contributed by atoms with van der Waals surface area (Å²) in [5, 5.41) is 11.6. The van der Waals surface area contributed by atoms with Gasteiger partial charge in [-0.2, -0.15) is 0 Å². The van der Waals surface area contributed by atoms with E-state index in [0.29, 0.717) is 39.1 Å². The predicted octanol–water partition coefficient (Wildman–Crippen LogP) is 2.48. The molecular weight excluding hydrogens is 348 g/mol. The summed E-state index contributed by atoms with van der Waals surface area (Å²) < 4.78 is 10.6. The molecule has 0 amide bonds. The van der Waals surface area contributed by atoms with Crippen molar-refractivity contribution in [2.75, 3.05) is 33.4 Å². The highest BCUT2D eigenvalue weighted by Crippen LogP contribution is 2.47. The van der Waals surface area contributed by atoms with Crippen molar-refractivity contribution < 1.29 is 19.2 Å². The number of morpholine rings is 1. The van der Waals surface area contributed by atoms with Gasteiger partial charge in [-0.3, -0.25) is 19.8 Å². The average Bonchev–Trinajstić information content (AvgIpc) is 3.15. The van der Waals surface area contributed by atoms with Gasteiger partial charge in [0.25, 0.3) is 0 Å². The molecule has 1 aliphatic carbocycles. The minimum absolute atomic E-state index is 0.0507. The minimum Gasteiger partial charge on any atom is -0.468 e. The van der Waals surface area contributed by atoms with Crippen molar-refractivity contribution in [2.45, 2.75) is 43.7 Å². The molecule has 7 nitrogen and oxygen atoms in total. The molecule has 0 spiro atoms. The number of nitro groups is 1. The largest absolute Gasteiger partial charge is 0.468 e. The van der Waals surface area contributed by atoms with E-state index in [1.165, 1.54) is 7.11 Å². The Morgan fingerprint density at radius 1 is 1.33 bits per heavy atom. The highest BCUT2D eigenvalue weighted by molar-refractivity contribution is 5.81. The zero-order valence-electron chi connectivity index (χ0n) is 16.0. The van der Waals surface area contributed by atoms with Crippen LogP contribution in [0.4, 0.5) is 0 Å². The lowest BCUT2D eigenvalue weighted by Crippen LogP contribution is -2.57. The fourth-order valence-corrected chi connectivity index (χ4v) is 4.90. The highest BCUT2D eigenvalue weighted by Gasteiger charge is 2.54. The van der Waals surface area contributed by atoms with Gasteiger partial charge >= 0.3 is 5.97 Å². The summed E-state index contributed by atoms with van der Waals surface area (Å²) in [6.45, 7) is 4.23. The topological polar surface area (TPSA) is 81.9 Å². The molecule has 0 aromatic heterocycles. The quantitative estimate of drug-likeness (QED) is 0.431. The average molecular weight is 376 g/mol. The van der Waals surface area contributed by atoms with E-state index in [9.17, 15) is 14.9 Å². The van der Waals surface area contributed by atoms with Gasteiger partial charge in [0.2, 0.25) is 6.04 Å². The summed E-state index contributed by atoms with van der Waals surface area (Å²) in [6.07, 6.45) is 2.01. The third kappa shape index (κ3) is 3.84. The van der Waals surface area contributed by atoms with Crippen molar-refractivity contribution in [3.63, 3.8) is 0 Å². The molecule has 148 valence electrons. The van der Waals surface area contributed by atoms with Crippen LogP contribution in [0.3, 0.4) is 0 Å². The number of nitrogens with zero attached hydrogens (tertiary/aromatic N) is 2. The second-order valence-corrected chi connectivity index (χ2v) is 7.59. The van der Waals surface area contributed by atoms with Gasteiger partial charge in [-0.05, 0) is 30.7 Å². The van der Waals surface area contributed by atoms with Gasteiger partial charge < -0.3 is 9.47 Å². The van der Waals surface area contributed by atoms with Crippen molar-refractivity contribution in [3.8, 4) is 0 Å². The molecule has 4 unspecified atom stereocenters. The van der Waals surface area contributed by atoms with Gasteiger partial charge in [-0.1, -0.05) is 30.3 Å². The lowest BCUT2D eigenvalue weighted by Gasteiger charge is -2.41. The van der Waals surface area contributed by atoms with E-state index in [0.717, 1.165) is 12.0 Å². The molecule has 0 N–H and O–H groups in total. The van der Waals surface area contributed by atoms with E-state index in [4.69, 9.17) is 9.47 Å². The number of rotatable bonds is 6. The summed E-state index contributed by atoms with van der Waals surface area (Å²) in [6, 6.07) is 8.95. The number of hydrogen-bond acceptors (Lipinski definition) is 6. The van der Waals surface area contributed by atoms with Crippen molar-refractivity contribution in [3.05, 3.63) is 46.0 Å². The smallest absolute Gasteiger partial charge is 0.326 e. The number of methoxy groups -OCH3 is 1. The second kappa shape index (κ2) is 8.35. The highest BCUT2D eigenvalue weighted by atomic mass is 16.6. The molecule has 7 heteroatoms. The van der Waals surface area contributed by atoms with E-state index in [1.54, 1.807) is 6.92 Å². The molecule has 2 fully saturated rings. The van der Waals surface area contributed by atoms with Crippen LogP contribution in [-0.2, 0) is 14.3 Å². The molecule has 1 saturated heterocycles. The Balaban J connectivity index is 1.91. The van der Waals surface area contributed by atoms with E-state index < -0.39 is 11.6 Å². The third-order valence-corrected chi connectivity index (χ3v) is 6.25. The Labute approximate surface area is 159 Å². The molecule has 27 heavy (non-hydrogen) atoms. The SMILES string of the molecule is COC(=O)C1(N2CCOCC2)CCC(C(c2ccccc2)C(C)[N+](=O)[O-])C1. The van der Waals surface area contributed by atoms with Crippen molar-refractivity contribution in [2.24, 2.45) is 5.92 Å². The van der Waals surface area contributed by atoms with Crippen molar-refractivity contribution >= 4 is 5.97 Å². The van der Waals surface area contributed by atoms with Crippen LogP contribution < -0.4 is 0 Å². The predicted molar refractivity (Wildman–Crippen MR) is 100 cm³/mol. The fourth-order valence-electron chi connectivity index (χ4n) is 4.90. The van der Waals surface area contributed by atoms with Gasteiger partial charge in [0.15, 0.2) is 0 Å². The summed E-state index contributed by atoms with van der Waals surface area (Å²) in [7, 11) is 1.42. The summed E-state index contributed by atoms with van der Waals surface area (Å²) in [4.78, 5) is 26.4. The van der Waals surface area contributed by atoms with Gasteiger partial charge in [0, 0.05) is 24.9 Å². The van der Waals surface area contributed by atoms with Crippen LogP contribution in [0.25, 0.3) is 0 Å². The molecule has 1 aromatic rings. The van der Waals surface area contributed by atoms with E-state index in [2.05, 4.69) is 4.90 Å². The second-order valence-electron chi connectivity index (χ2n) is 7.59. The molecule has 1 aliphatic heterocycles. The molecular formula is C20H28N2O5. The monoisotopic (exact) mass is 376 g/mol. The van der Waals surface area contributed by atoms with E-state index >= 15 is 0 Å². The van der Waals surface area contributed by atoms with Crippen LogP contribution in [0.5, 0.6) is 0 Å². The lowest BCUT2D eigenvalue weighted by molar-refractivity contribution is -0.524. The zero-order valence-corrected chi connectivity index (χ0v) is 16.0. The Bertz CT molecular complexity index is 662. The van der Waals surface area contributed by atoms with E-state index in [1.807, 2.05) is 30.3 Å². The minimum atomic E-state index is -0.712. The molecule has 0 radical (unpaired) electrons. The molecule has 3 rings (SSSR count). The fraction of sp³-hybridized carbons (Fsp3) is 0.650. The van der Waals surface area contributed by atoms with Crippen molar-refractivity contribution in [1.82, 2.24) is 4.90 Å². The number of carbonyl (C=O) groups excluding carboxylic acids is 1. The summed E-state index contributed by atoms with van der Waals surface area (Å²) in [5.74, 6) is -0.406. The Kier molecular flexibility index (Phi) is 6.11. The van der Waals surface area contributed by atoms with Gasteiger partial charge in [0.05, 0.1) is 26.2 Å². The number of carbonyl (C=O) groups is 1.